The van der Waals surface area contributed by atoms with E-state index in [0.29, 0.717) is 11.6 Å². The second-order valence-corrected chi connectivity index (χ2v) is 8.53. The van der Waals surface area contributed by atoms with Gasteiger partial charge in [-0.2, -0.15) is 23.1 Å². The molecule has 2 N–H and O–H groups in total. The first-order valence-electron chi connectivity index (χ1n) is 10.1. The number of alkyl halides is 3. The zero-order valence-electron chi connectivity index (χ0n) is 17.3. The fourth-order valence-electron chi connectivity index (χ4n) is 4.37. The van der Waals surface area contributed by atoms with Crippen molar-refractivity contribution in [1.29, 1.82) is 0 Å². The van der Waals surface area contributed by atoms with Gasteiger partial charge in [0.15, 0.2) is 0 Å². The van der Waals surface area contributed by atoms with E-state index in [0.717, 1.165) is 43.4 Å². The summed E-state index contributed by atoms with van der Waals surface area (Å²) in [6.07, 6.45) is -3.20. The highest BCUT2D eigenvalue weighted by Gasteiger charge is 2.40. The molecule has 0 aliphatic carbocycles. The normalized spacial score (nSPS) is 21.7. The average molecular weight is 457 g/mol. The molecule has 31 heavy (non-hydrogen) atoms. The maximum atomic E-state index is 13.7. The van der Waals surface area contributed by atoms with Gasteiger partial charge in [0, 0.05) is 30.8 Å². The summed E-state index contributed by atoms with van der Waals surface area (Å²) in [5, 5.41) is -0.444. The van der Waals surface area contributed by atoms with Crippen LogP contribution >= 0.6 is 11.6 Å². The van der Waals surface area contributed by atoms with Crippen LogP contribution in [-0.4, -0.2) is 30.2 Å². The number of piperidine rings is 1. The number of nitrogens with two attached hydrogens (primary N) is 1. The lowest BCUT2D eigenvalue weighted by Crippen LogP contribution is -2.36. The third-order valence-corrected chi connectivity index (χ3v) is 6.07. The largest absolute Gasteiger partial charge is 0.467 e. The van der Waals surface area contributed by atoms with Gasteiger partial charge in [0.25, 0.3) is 0 Å². The molecule has 2 aliphatic rings. The van der Waals surface area contributed by atoms with E-state index in [2.05, 4.69) is 21.8 Å². The number of anilines is 2. The number of hydrogen-bond acceptors (Lipinski definition) is 6. The molecule has 6 nitrogen and oxygen atoms in total. The monoisotopic (exact) mass is 456 g/mol. The molecule has 3 heterocycles. The molecular weight excluding hydrogens is 433 g/mol. The molecule has 1 fully saturated rings. The Morgan fingerprint density at radius 2 is 2.06 bits per heavy atom. The fraction of sp³-hybridized carbons (Fsp3) is 0.524. The van der Waals surface area contributed by atoms with Gasteiger partial charge < -0.3 is 20.1 Å². The van der Waals surface area contributed by atoms with Gasteiger partial charge in [0.1, 0.15) is 5.82 Å². The van der Waals surface area contributed by atoms with Crippen molar-refractivity contribution in [2.24, 2.45) is 5.92 Å². The minimum Gasteiger partial charge on any atom is -0.467 e. The highest BCUT2D eigenvalue weighted by Crippen LogP contribution is 2.44. The molecular formula is C21H24ClF3N4O2. The average Bonchev–Trinajstić information content (AvgIpc) is 2.70. The Kier molecular flexibility index (Phi) is 5.91. The molecule has 10 heteroatoms. The summed E-state index contributed by atoms with van der Waals surface area (Å²) in [6, 6.07) is 2.57. The number of nitrogens with zero attached hydrogens (tertiary/aromatic N) is 3. The maximum absolute atomic E-state index is 13.7. The predicted molar refractivity (Wildman–Crippen MR) is 111 cm³/mol. The van der Waals surface area contributed by atoms with Crippen LogP contribution in [0.1, 0.15) is 48.3 Å². The van der Waals surface area contributed by atoms with Crippen LogP contribution in [-0.2, 0) is 23.9 Å². The number of rotatable bonds is 3. The van der Waals surface area contributed by atoms with E-state index in [1.165, 1.54) is 13.2 Å². The molecule has 1 aromatic carbocycles. The lowest BCUT2D eigenvalue weighted by Gasteiger charge is -2.35. The zero-order valence-corrected chi connectivity index (χ0v) is 18.1. The van der Waals surface area contributed by atoms with Gasteiger partial charge in [-0.1, -0.05) is 18.5 Å². The topological polar surface area (TPSA) is 73.5 Å². The van der Waals surface area contributed by atoms with Crippen LogP contribution in [0.2, 0.25) is 5.02 Å². The van der Waals surface area contributed by atoms with Crippen LogP contribution in [0.3, 0.4) is 0 Å². The molecule has 4 rings (SSSR count). The second-order valence-electron chi connectivity index (χ2n) is 8.12. The van der Waals surface area contributed by atoms with E-state index in [9.17, 15) is 13.2 Å². The number of aromatic nitrogens is 2. The molecule has 0 radical (unpaired) electrons. The summed E-state index contributed by atoms with van der Waals surface area (Å²) < 4.78 is 52.4. The van der Waals surface area contributed by atoms with Crippen molar-refractivity contribution in [3.05, 3.63) is 39.5 Å². The molecule has 0 bridgehead atoms. The van der Waals surface area contributed by atoms with Crippen molar-refractivity contribution in [2.45, 2.75) is 45.1 Å². The van der Waals surface area contributed by atoms with E-state index < -0.39 is 22.9 Å². The number of fused-ring (bicyclic) bond motifs is 1. The van der Waals surface area contributed by atoms with Gasteiger partial charge in [-0.15, -0.1) is 0 Å². The minimum absolute atomic E-state index is 0.0890. The van der Waals surface area contributed by atoms with Crippen LogP contribution in [0.15, 0.2) is 12.1 Å². The van der Waals surface area contributed by atoms with Crippen molar-refractivity contribution in [3.8, 4) is 6.01 Å². The van der Waals surface area contributed by atoms with Crippen molar-refractivity contribution in [2.75, 3.05) is 30.8 Å². The number of nitrogen functional groups attached to an aromatic ring is 1. The number of ether oxygens (including phenoxy) is 2. The van der Waals surface area contributed by atoms with Crippen LogP contribution in [0.25, 0.3) is 0 Å². The number of benzene rings is 1. The van der Waals surface area contributed by atoms with Crippen molar-refractivity contribution in [3.63, 3.8) is 0 Å². The lowest BCUT2D eigenvalue weighted by atomic mass is 9.94. The number of hydrogen-bond donors (Lipinski definition) is 1. The molecule has 0 saturated carbocycles. The quantitative estimate of drug-likeness (QED) is 0.669. The summed E-state index contributed by atoms with van der Waals surface area (Å²) >= 11 is 5.92. The smallest absolute Gasteiger partial charge is 0.418 e. The van der Waals surface area contributed by atoms with Crippen molar-refractivity contribution < 1.29 is 22.6 Å². The van der Waals surface area contributed by atoms with E-state index in [4.69, 9.17) is 26.8 Å². The van der Waals surface area contributed by atoms with E-state index in [1.54, 1.807) is 0 Å². The third kappa shape index (κ3) is 4.39. The molecule has 2 atom stereocenters. The Balaban J connectivity index is 1.74. The maximum Gasteiger partial charge on any atom is 0.418 e. The second kappa shape index (κ2) is 8.35. The molecule has 168 valence electrons. The zero-order chi connectivity index (χ0) is 22.3. The Morgan fingerprint density at radius 1 is 1.29 bits per heavy atom. The molecule has 1 saturated heterocycles. The molecule has 2 aromatic rings. The summed E-state index contributed by atoms with van der Waals surface area (Å²) in [4.78, 5) is 11.2. The van der Waals surface area contributed by atoms with Crippen LogP contribution in [0.5, 0.6) is 6.01 Å². The fourth-order valence-corrected chi connectivity index (χ4v) is 4.71. The first-order chi connectivity index (χ1) is 14.7. The summed E-state index contributed by atoms with van der Waals surface area (Å²) in [6.45, 7) is 3.97. The first kappa shape index (κ1) is 22.0. The first-order valence-corrected chi connectivity index (χ1v) is 10.5. The summed E-state index contributed by atoms with van der Waals surface area (Å²) in [7, 11) is 1.47. The predicted octanol–water partition coefficient (Wildman–Crippen LogP) is 4.79. The molecule has 1 aromatic heterocycles. The van der Waals surface area contributed by atoms with Gasteiger partial charge >= 0.3 is 12.2 Å². The van der Waals surface area contributed by atoms with Crippen molar-refractivity contribution >= 4 is 23.1 Å². The SMILES string of the molecule is COc1nc2c(c(N3CCCC(C)C3)n1)COC(c1cc(N)cc(Cl)c1C(F)(F)F)C2. The summed E-state index contributed by atoms with van der Waals surface area (Å²) in [5.74, 6) is 1.25. The third-order valence-electron chi connectivity index (χ3n) is 5.77. The number of methoxy groups -OCH3 is 1. The van der Waals surface area contributed by atoms with Crippen LogP contribution in [0, 0.1) is 5.92 Å². The lowest BCUT2D eigenvalue weighted by molar-refractivity contribution is -0.139. The Bertz CT molecular complexity index is 986. The van der Waals surface area contributed by atoms with Gasteiger partial charge in [0.05, 0.1) is 36.1 Å². The van der Waals surface area contributed by atoms with E-state index >= 15 is 0 Å². The Hall–Kier alpha value is -2.26. The van der Waals surface area contributed by atoms with Gasteiger partial charge in [-0.3, -0.25) is 0 Å². The van der Waals surface area contributed by atoms with E-state index in [1.807, 2.05) is 0 Å². The Labute approximate surface area is 183 Å². The molecule has 2 unspecified atom stereocenters. The molecule has 0 amide bonds. The van der Waals surface area contributed by atoms with Gasteiger partial charge in [0.2, 0.25) is 0 Å². The van der Waals surface area contributed by atoms with Gasteiger partial charge in [-0.25, -0.2) is 0 Å². The highest BCUT2D eigenvalue weighted by molar-refractivity contribution is 6.31. The van der Waals surface area contributed by atoms with E-state index in [-0.39, 0.29) is 30.3 Å². The van der Waals surface area contributed by atoms with Gasteiger partial charge in [-0.05, 0) is 36.5 Å². The standard InChI is InChI=1S/C21H24ClF3N4O2/c1-11-4-3-5-29(9-11)19-14-10-31-17(8-16(14)27-20(28-19)30-2)13-6-12(26)7-15(22)18(13)21(23,24)25/h6-7,11,17H,3-5,8-10,26H2,1-2H3. The molecule has 2 aliphatic heterocycles. The van der Waals surface area contributed by atoms with Crippen molar-refractivity contribution in [1.82, 2.24) is 9.97 Å². The van der Waals surface area contributed by atoms with Crippen LogP contribution < -0.4 is 15.4 Å². The summed E-state index contributed by atoms with van der Waals surface area (Å²) in [5.41, 5.74) is 6.32. The minimum atomic E-state index is -4.64. The highest BCUT2D eigenvalue weighted by atomic mass is 35.5. The molecule has 0 spiro atoms. The number of halogens is 4. The Morgan fingerprint density at radius 3 is 2.74 bits per heavy atom. The van der Waals surface area contributed by atoms with Crippen LogP contribution in [0.4, 0.5) is 24.7 Å².